The number of rotatable bonds is 3. The lowest BCUT2D eigenvalue weighted by Gasteiger charge is -2.41. The molecule has 7 rings (SSSR count). The fraction of sp³-hybridized carbons (Fsp3) is 0.444. The summed E-state index contributed by atoms with van der Waals surface area (Å²) in [5.41, 5.74) is 6.43. The van der Waals surface area contributed by atoms with Crippen LogP contribution in [0.1, 0.15) is 69.9 Å². The molecule has 0 amide bonds. The molecule has 0 aliphatic carbocycles. The predicted molar refractivity (Wildman–Crippen MR) is 175 cm³/mol. The van der Waals surface area contributed by atoms with Crippen molar-refractivity contribution in [2.75, 3.05) is 31.7 Å². The summed E-state index contributed by atoms with van der Waals surface area (Å²) in [5.74, 6) is 0.333. The quantitative estimate of drug-likeness (QED) is 0.188. The van der Waals surface area contributed by atoms with Crippen molar-refractivity contribution >= 4 is 17.4 Å². The number of aryl methyl sites for hydroxylation is 2. The van der Waals surface area contributed by atoms with Crippen LogP contribution in [0.3, 0.4) is 0 Å². The van der Waals surface area contributed by atoms with E-state index in [-0.39, 0.29) is 5.60 Å². The lowest BCUT2D eigenvalue weighted by Crippen LogP contribution is -2.45. The molecule has 6 bridgehead atoms. The van der Waals surface area contributed by atoms with Crippen LogP contribution < -0.4 is 4.90 Å². The van der Waals surface area contributed by atoms with E-state index < -0.39 is 17.7 Å². The molecule has 0 saturated carbocycles. The van der Waals surface area contributed by atoms with Crippen LogP contribution in [0.25, 0.3) is 28.0 Å². The highest BCUT2D eigenvalue weighted by Crippen LogP contribution is 2.39. The Morgan fingerprint density at radius 3 is 2.62 bits per heavy atom. The van der Waals surface area contributed by atoms with Gasteiger partial charge < -0.3 is 19.1 Å². The third kappa shape index (κ3) is 6.51. The number of anilines is 1. The summed E-state index contributed by atoms with van der Waals surface area (Å²) >= 11 is 0. The first kappa shape index (κ1) is 30.9. The third-order valence-corrected chi connectivity index (χ3v) is 8.73. The average molecular weight is 610 g/mol. The zero-order chi connectivity index (χ0) is 31.8. The van der Waals surface area contributed by atoms with E-state index in [1.807, 2.05) is 50.7 Å². The molecule has 0 spiro atoms. The number of nitrogens with zero attached hydrogens (tertiary/aromatic N) is 5. The second-order valence-corrected chi connectivity index (χ2v) is 13.2. The molecular weight excluding hydrogens is 566 g/mol. The number of pyridine rings is 1. The molecule has 9 heteroatoms. The first-order valence-corrected chi connectivity index (χ1v) is 15.8. The van der Waals surface area contributed by atoms with Gasteiger partial charge in [-0.05, 0) is 83.6 Å². The van der Waals surface area contributed by atoms with Crippen molar-refractivity contribution in [3.8, 4) is 22.4 Å². The van der Waals surface area contributed by atoms with Gasteiger partial charge in [0.2, 0.25) is 0 Å². The molecule has 1 saturated heterocycles. The van der Waals surface area contributed by atoms with E-state index in [1.54, 1.807) is 0 Å². The van der Waals surface area contributed by atoms with Crippen molar-refractivity contribution in [2.45, 2.75) is 77.6 Å². The fourth-order valence-electron chi connectivity index (χ4n) is 6.31. The van der Waals surface area contributed by atoms with Crippen molar-refractivity contribution in [3.05, 3.63) is 77.8 Å². The number of hydrogen-bond donors (Lipinski definition) is 0. The predicted octanol–water partition coefficient (Wildman–Crippen LogP) is 6.67. The van der Waals surface area contributed by atoms with Crippen molar-refractivity contribution in [3.63, 3.8) is 0 Å². The Labute approximate surface area is 265 Å². The van der Waals surface area contributed by atoms with Crippen molar-refractivity contribution < 1.29 is 19.0 Å². The Hall–Kier alpha value is -4.08. The van der Waals surface area contributed by atoms with Gasteiger partial charge in [-0.25, -0.2) is 9.78 Å². The van der Waals surface area contributed by atoms with E-state index in [1.165, 1.54) is 12.7 Å². The summed E-state index contributed by atoms with van der Waals surface area (Å²) in [6.45, 7) is 11.9. The third-order valence-electron chi connectivity index (χ3n) is 8.73. The van der Waals surface area contributed by atoms with E-state index >= 15 is 0 Å². The number of carbonyl (C=O) groups is 1. The van der Waals surface area contributed by atoms with E-state index in [2.05, 4.69) is 59.3 Å². The number of aromatic nitrogens is 4. The van der Waals surface area contributed by atoms with Crippen LogP contribution in [0.4, 0.5) is 5.82 Å². The van der Waals surface area contributed by atoms with Gasteiger partial charge in [-0.1, -0.05) is 30.4 Å². The van der Waals surface area contributed by atoms with Gasteiger partial charge in [-0.3, -0.25) is 4.98 Å². The molecule has 236 valence electrons. The van der Waals surface area contributed by atoms with Gasteiger partial charge in [0.25, 0.3) is 0 Å². The van der Waals surface area contributed by atoms with E-state index in [4.69, 9.17) is 24.3 Å². The van der Waals surface area contributed by atoms with Crippen LogP contribution in [-0.2, 0) is 25.4 Å². The molecule has 1 aromatic carbocycles. The SMILES string of the molecule is COC(=O)[C@@H](OC(C)(C)C)c1c(C)nc2cc3nn2c1N1CCC(C)(CC1)OC/C=C/CCc1ccncc1-c1cccc-3c1. The number of hydrogen-bond acceptors (Lipinski definition) is 8. The number of carbonyl (C=O) groups excluding carboxylic acids is 1. The number of ether oxygens (including phenoxy) is 3. The maximum atomic E-state index is 13.3. The van der Waals surface area contributed by atoms with Crippen LogP contribution >= 0.6 is 0 Å². The van der Waals surface area contributed by atoms with Crippen molar-refractivity contribution in [1.82, 2.24) is 19.6 Å². The minimum atomic E-state index is -0.974. The largest absolute Gasteiger partial charge is 0.467 e. The molecule has 0 radical (unpaired) electrons. The topological polar surface area (TPSA) is 91.1 Å². The van der Waals surface area contributed by atoms with E-state index in [0.717, 1.165) is 67.0 Å². The summed E-state index contributed by atoms with van der Waals surface area (Å²) < 4.78 is 20.0. The molecule has 4 aromatic rings. The lowest BCUT2D eigenvalue weighted by molar-refractivity contribution is -0.164. The molecule has 0 unspecified atom stereocenters. The number of benzene rings is 1. The van der Waals surface area contributed by atoms with Crippen LogP contribution in [-0.4, -0.2) is 63.6 Å². The van der Waals surface area contributed by atoms with Crippen LogP contribution in [0.2, 0.25) is 0 Å². The molecule has 45 heavy (non-hydrogen) atoms. The van der Waals surface area contributed by atoms with Gasteiger partial charge in [0.15, 0.2) is 11.8 Å². The summed E-state index contributed by atoms with van der Waals surface area (Å²) in [6.07, 6.45) is 10.6. The lowest BCUT2D eigenvalue weighted by atomic mass is 9.92. The van der Waals surface area contributed by atoms with Crippen LogP contribution in [0, 0.1) is 6.92 Å². The Bertz CT molecular complexity index is 1730. The molecule has 3 aliphatic rings. The average Bonchev–Trinajstić information content (AvgIpc) is 3.44. The highest BCUT2D eigenvalue weighted by molar-refractivity contribution is 5.81. The molecule has 3 aromatic heterocycles. The Balaban J connectivity index is 1.56. The maximum absolute atomic E-state index is 13.3. The first-order valence-electron chi connectivity index (χ1n) is 15.8. The van der Waals surface area contributed by atoms with Gasteiger partial charge >= 0.3 is 5.97 Å². The number of esters is 1. The Morgan fingerprint density at radius 2 is 1.87 bits per heavy atom. The minimum absolute atomic E-state index is 0.262. The van der Waals surface area contributed by atoms with Crippen LogP contribution in [0.5, 0.6) is 0 Å². The fourth-order valence-corrected chi connectivity index (χ4v) is 6.31. The molecule has 1 fully saturated rings. The van der Waals surface area contributed by atoms with Gasteiger partial charge in [0.1, 0.15) is 5.82 Å². The zero-order valence-electron chi connectivity index (χ0n) is 27.2. The molecule has 3 aliphatic heterocycles. The van der Waals surface area contributed by atoms with E-state index in [0.29, 0.717) is 23.5 Å². The number of methoxy groups -OCH3 is 1. The standard InChI is InChI=1S/C36H43N5O4/c1-24-31(32(34(42)43-6)45-35(2,3)4)33-40-18-15-36(5,16-19-40)44-20-9-7-8-11-25-14-17-37-23-28(25)26-12-10-13-27(21-26)29-22-30(38-24)41(33)39-29/h7,9-10,12-14,17,21-23,32H,8,11,15-16,18-20H2,1-6H3/b9-7+/t32-/m0/s1. The minimum Gasteiger partial charge on any atom is -0.467 e. The summed E-state index contributed by atoms with van der Waals surface area (Å²) in [4.78, 5) is 25.1. The molecular formula is C36H43N5O4. The van der Waals surface area contributed by atoms with Crippen molar-refractivity contribution in [1.29, 1.82) is 0 Å². The summed E-state index contributed by atoms with van der Waals surface area (Å²) in [6, 6.07) is 12.5. The monoisotopic (exact) mass is 609 g/mol. The summed E-state index contributed by atoms with van der Waals surface area (Å²) in [7, 11) is 1.39. The number of allylic oxidation sites excluding steroid dienone is 1. The van der Waals surface area contributed by atoms with Crippen LogP contribution in [0.15, 0.2) is 60.9 Å². The molecule has 0 N–H and O–H groups in total. The number of fused-ring (bicyclic) bond motifs is 6. The molecule has 9 nitrogen and oxygen atoms in total. The number of piperidine rings is 1. The van der Waals surface area contributed by atoms with Gasteiger partial charge in [0.05, 0.1) is 36.2 Å². The smallest absolute Gasteiger partial charge is 0.339 e. The van der Waals surface area contributed by atoms with Crippen molar-refractivity contribution in [2.24, 2.45) is 0 Å². The zero-order valence-corrected chi connectivity index (χ0v) is 27.2. The second kappa shape index (κ2) is 12.4. The Kier molecular flexibility index (Phi) is 8.50. The second-order valence-electron chi connectivity index (χ2n) is 13.2. The molecule has 6 heterocycles. The van der Waals surface area contributed by atoms with Gasteiger partial charge in [0, 0.05) is 48.4 Å². The maximum Gasteiger partial charge on any atom is 0.339 e. The highest BCUT2D eigenvalue weighted by atomic mass is 16.6. The normalized spacial score (nSPS) is 18.1. The van der Waals surface area contributed by atoms with Gasteiger partial charge in [-0.15, -0.1) is 0 Å². The Morgan fingerprint density at radius 1 is 1.09 bits per heavy atom. The van der Waals surface area contributed by atoms with Gasteiger partial charge in [-0.2, -0.15) is 9.61 Å². The van der Waals surface area contributed by atoms with E-state index in [9.17, 15) is 4.79 Å². The first-order chi connectivity index (χ1) is 21.5. The summed E-state index contributed by atoms with van der Waals surface area (Å²) in [5, 5.41) is 5.15. The highest BCUT2D eigenvalue weighted by Gasteiger charge is 2.38. The molecule has 1 atom stereocenters.